The summed E-state index contributed by atoms with van der Waals surface area (Å²) in [6.07, 6.45) is 4.13. The van der Waals surface area contributed by atoms with E-state index in [1.54, 1.807) is 0 Å². The lowest BCUT2D eigenvalue weighted by molar-refractivity contribution is -0.137. The molecule has 1 aromatic heterocycles. The molecule has 0 spiro atoms. The summed E-state index contributed by atoms with van der Waals surface area (Å²) in [6.45, 7) is 8.56. The standard InChI is InChI=1S/C17H27N5O2/c1-13(2)22-11-14(10-16(22)23)17(24)21-8-6-20(7-9-21)12-15-18-4-5-19(15)3/h4-5,13-14H,6-12H2,1-3H3. The lowest BCUT2D eigenvalue weighted by Gasteiger charge is -2.35. The van der Waals surface area contributed by atoms with Crippen molar-refractivity contribution in [2.75, 3.05) is 32.7 Å². The molecule has 2 aliphatic rings. The topological polar surface area (TPSA) is 61.7 Å². The van der Waals surface area contributed by atoms with Crippen LogP contribution in [0.1, 0.15) is 26.1 Å². The summed E-state index contributed by atoms with van der Waals surface area (Å²) < 4.78 is 2.03. The van der Waals surface area contributed by atoms with Crippen molar-refractivity contribution < 1.29 is 9.59 Å². The molecule has 7 heteroatoms. The highest BCUT2D eigenvalue weighted by Gasteiger charge is 2.38. The quantitative estimate of drug-likeness (QED) is 0.796. The van der Waals surface area contributed by atoms with Gasteiger partial charge in [-0.3, -0.25) is 14.5 Å². The average Bonchev–Trinajstić information content (AvgIpc) is 3.14. The van der Waals surface area contributed by atoms with E-state index in [0.717, 1.165) is 38.5 Å². The van der Waals surface area contributed by atoms with Crippen LogP contribution in [0.5, 0.6) is 0 Å². The number of imidazole rings is 1. The van der Waals surface area contributed by atoms with Gasteiger partial charge in [0, 0.05) is 64.6 Å². The van der Waals surface area contributed by atoms with Gasteiger partial charge >= 0.3 is 0 Å². The van der Waals surface area contributed by atoms with Crippen molar-refractivity contribution in [1.29, 1.82) is 0 Å². The largest absolute Gasteiger partial charge is 0.340 e. The summed E-state index contributed by atoms with van der Waals surface area (Å²) >= 11 is 0. The second kappa shape index (κ2) is 6.93. The molecule has 24 heavy (non-hydrogen) atoms. The van der Waals surface area contributed by atoms with Crippen LogP contribution in [0.4, 0.5) is 0 Å². The number of hydrogen-bond donors (Lipinski definition) is 0. The third-order valence-electron chi connectivity index (χ3n) is 5.10. The van der Waals surface area contributed by atoms with Crippen LogP contribution >= 0.6 is 0 Å². The summed E-state index contributed by atoms with van der Waals surface area (Å²) in [5, 5.41) is 0. The number of aryl methyl sites for hydroxylation is 1. The van der Waals surface area contributed by atoms with E-state index < -0.39 is 0 Å². The van der Waals surface area contributed by atoms with Gasteiger partial charge in [0.25, 0.3) is 0 Å². The molecular formula is C17H27N5O2. The third-order valence-corrected chi connectivity index (χ3v) is 5.10. The number of piperazine rings is 1. The van der Waals surface area contributed by atoms with Gasteiger partial charge in [-0.25, -0.2) is 4.98 Å². The Labute approximate surface area is 143 Å². The van der Waals surface area contributed by atoms with Crippen LogP contribution in [-0.2, 0) is 23.2 Å². The Bertz CT molecular complexity index is 604. The minimum Gasteiger partial charge on any atom is -0.340 e. The van der Waals surface area contributed by atoms with Gasteiger partial charge in [0.05, 0.1) is 12.5 Å². The summed E-state index contributed by atoms with van der Waals surface area (Å²) in [5.74, 6) is 1.13. The van der Waals surface area contributed by atoms with E-state index >= 15 is 0 Å². The summed E-state index contributed by atoms with van der Waals surface area (Å²) in [7, 11) is 2.00. The summed E-state index contributed by atoms with van der Waals surface area (Å²) in [5.41, 5.74) is 0. The number of rotatable bonds is 4. The number of aromatic nitrogens is 2. The molecule has 2 aliphatic heterocycles. The second-order valence-corrected chi connectivity index (χ2v) is 7.10. The van der Waals surface area contributed by atoms with Gasteiger partial charge in [-0.15, -0.1) is 0 Å². The van der Waals surface area contributed by atoms with Gasteiger partial charge in [-0.1, -0.05) is 0 Å². The molecule has 0 bridgehead atoms. The van der Waals surface area contributed by atoms with Crippen molar-refractivity contribution in [3.63, 3.8) is 0 Å². The van der Waals surface area contributed by atoms with E-state index in [9.17, 15) is 9.59 Å². The highest BCUT2D eigenvalue weighted by atomic mass is 16.2. The molecule has 0 aromatic carbocycles. The van der Waals surface area contributed by atoms with Gasteiger partial charge < -0.3 is 14.4 Å². The smallest absolute Gasteiger partial charge is 0.228 e. The first-order valence-corrected chi connectivity index (χ1v) is 8.72. The molecule has 2 fully saturated rings. The molecule has 0 aliphatic carbocycles. The minimum atomic E-state index is -0.166. The fourth-order valence-corrected chi connectivity index (χ4v) is 3.53. The Morgan fingerprint density at radius 2 is 2.00 bits per heavy atom. The van der Waals surface area contributed by atoms with E-state index in [4.69, 9.17) is 0 Å². The maximum Gasteiger partial charge on any atom is 0.228 e. The number of nitrogens with zero attached hydrogens (tertiary/aromatic N) is 5. The molecule has 3 rings (SSSR count). The molecular weight excluding hydrogens is 306 g/mol. The van der Waals surface area contributed by atoms with Crippen LogP contribution in [-0.4, -0.2) is 74.8 Å². The average molecular weight is 333 g/mol. The molecule has 0 N–H and O–H groups in total. The lowest BCUT2D eigenvalue weighted by atomic mass is 10.1. The highest BCUT2D eigenvalue weighted by Crippen LogP contribution is 2.22. The first-order chi connectivity index (χ1) is 11.5. The van der Waals surface area contributed by atoms with Gasteiger partial charge in [-0.2, -0.15) is 0 Å². The molecule has 2 saturated heterocycles. The zero-order valence-electron chi connectivity index (χ0n) is 14.8. The number of carbonyl (C=O) groups is 2. The maximum absolute atomic E-state index is 12.7. The van der Waals surface area contributed by atoms with Crippen molar-refractivity contribution in [2.45, 2.75) is 32.9 Å². The molecule has 0 radical (unpaired) electrons. The van der Waals surface area contributed by atoms with Crippen molar-refractivity contribution in [1.82, 2.24) is 24.3 Å². The predicted molar refractivity (Wildman–Crippen MR) is 90.0 cm³/mol. The third kappa shape index (κ3) is 3.45. The Balaban J connectivity index is 1.50. The lowest BCUT2D eigenvalue weighted by Crippen LogP contribution is -2.50. The molecule has 2 amide bonds. The summed E-state index contributed by atoms with van der Waals surface area (Å²) in [6, 6.07) is 0.171. The number of likely N-dealkylation sites (tertiary alicyclic amines) is 1. The zero-order valence-corrected chi connectivity index (χ0v) is 14.8. The first kappa shape index (κ1) is 17.0. The van der Waals surface area contributed by atoms with Crippen molar-refractivity contribution in [2.24, 2.45) is 13.0 Å². The predicted octanol–water partition coefficient (Wildman–Crippen LogP) is 0.321. The van der Waals surface area contributed by atoms with E-state index in [2.05, 4.69) is 9.88 Å². The molecule has 1 aromatic rings. The van der Waals surface area contributed by atoms with Crippen molar-refractivity contribution >= 4 is 11.8 Å². The van der Waals surface area contributed by atoms with Crippen LogP contribution in [0.2, 0.25) is 0 Å². The summed E-state index contributed by atoms with van der Waals surface area (Å²) in [4.78, 5) is 35.1. The number of amides is 2. The normalized spacial score (nSPS) is 22.7. The minimum absolute atomic E-state index is 0.108. The monoisotopic (exact) mass is 333 g/mol. The molecule has 1 unspecified atom stereocenters. The second-order valence-electron chi connectivity index (χ2n) is 7.10. The Morgan fingerprint density at radius 3 is 2.54 bits per heavy atom. The van der Waals surface area contributed by atoms with Crippen molar-refractivity contribution in [3.8, 4) is 0 Å². The number of hydrogen-bond acceptors (Lipinski definition) is 4. The first-order valence-electron chi connectivity index (χ1n) is 8.72. The van der Waals surface area contributed by atoms with Gasteiger partial charge in [0.15, 0.2) is 0 Å². The Hall–Kier alpha value is -1.89. The van der Waals surface area contributed by atoms with Crippen LogP contribution in [0.15, 0.2) is 12.4 Å². The van der Waals surface area contributed by atoms with Crippen molar-refractivity contribution in [3.05, 3.63) is 18.2 Å². The van der Waals surface area contributed by atoms with E-state index in [1.807, 2.05) is 47.7 Å². The maximum atomic E-state index is 12.7. The van der Waals surface area contributed by atoms with E-state index in [1.165, 1.54) is 0 Å². The van der Waals surface area contributed by atoms with Crippen LogP contribution in [0.3, 0.4) is 0 Å². The fraction of sp³-hybridized carbons (Fsp3) is 0.706. The zero-order chi connectivity index (χ0) is 17.3. The van der Waals surface area contributed by atoms with Crippen LogP contribution in [0, 0.1) is 5.92 Å². The van der Waals surface area contributed by atoms with Gasteiger partial charge in [0.1, 0.15) is 5.82 Å². The fourth-order valence-electron chi connectivity index (χ4n) is 3.53. The number of carbonyl (C=O) groups excluding carboxylic acids is 2. The SMILES string of the molecule is CC(C)N1CC(C(=O)N2CCN(Cc3nccn3C)CC2)CC1=O. The van der Waals surface area contributed by atoms with E-state index in [0.29, 0.717) is 13.0 Å². The van der Waals surface area contributed by atoms with Gasteiger partial charge in [0.2, 0.25) is 11.8 Å². The van der Waals surface area contributed by atoms with Crippen LogP contribution in [0.25, 0.3) is 0 Å². The molecule has 132 valence electrons. The molecule has 1 atom stereocenters. The van der Waals surface area contributed by atoms with E-state index in [-0.39, 0.29) is 23.8 Å². The van der Waals surface area contributed by atoms with Gasteiger partial charge in [-0.05, 0) is 13.8 Å². The van der Waals surface area contributed by atoms with Crippen LogP contribution < -0.4 is 0 Å². The molecule has 0 saturated carbocycles. The Kier molecular flexibility index (Phi) is 4.89. The molecule has 3 heterocycles. The Morgan fingerprint density at radius 1 is 1.29 bits per heavy atom. The highest BCUT2D eigenvalue weighted by molar-refractivity contribution is 5.89. The molecule has 7 nitrogen and oxygen atoms in total.